The summed E-state index contributed by atoms with van der Waals surface area (Å²) in [6.45, 7) is 2.28. The van der Waals surface area contributed by atoms with Crippen LogP contribution in [-0.4, -0.2) is 35.3 Å². The van der Waals surface area contributed by atoms with Crippen LogP contribution >= 0.6 is 0 Å². The molecule has 3 nitrogen and oxygen atoms in total. The lowest BCUT2D eigenvalue weighted by atomic mass is 9.73. The lowest BCUT2D eigenvalue weighted by molar-refractivity contribution is -0.131. The van der Waals surface area contributed by atoms with Crippen molar-refractivity contribution in [2.24, 2.45) is 5.92 Å². The number of aromatic nitrogens is 1. The number of nitrogens with zero attached hydrogens (tertiary/aromatic N) is 2. The Morgan fingerprint density at radius 3 is 2.42 bits per heavy atom. The topological polar surface area (TPSA) is 33.2 Å². The van der Waals surface area contributed by atoms with Crippen molar-refractivity contribution >= 4 is 5.78 Å². The number of carbonyl (C=O) groups is 1. The van der Waals surface area contributed by atoms with Gasteiger partial charge in [0.15, 0.2) is 5.78 Å². The van der Waals surface area contributed by atoms with E-state index < -0.39 is 0 Å². The van der Waals surface area contributed by atoms with Gasteiger partial charge in [0, 0.05) is 18.8 Å². The van der Waals surface area contributed by atoms with Crippen molar-refractivity contribution in [3.8, 4) is 0 Å². The molecule has 0 saturated heterocycles. The summed E-state index contributed by atoms with van der Waals surface area (Å²) in [6, 6.07) is 3.87. The zero-order chi connectivity index (χ0) is 13.9. The first kappa shape index (κ1) is 14.2. The summed E-state index contributed by atoms with van der Waals surface area (Å²) in [5.74, 6) is 1.11. The lowest BCUT2D eigenvalue weighted by Gasteiger charge is -2.43. The molecule has 0 radical (unpaired) electrons. The second-order valence-corrected chi connectivity index (χ2v) is 6.06. The number of Topliss-reactive ketones (excluding diaryl/α,β-unsaturated/α-hetero) is 1. The molecule has 0 amide bonds. The number of pyridine rings is 1. The number of carbonyl (C=O) groups excluding carboxylic acids is 1. The van der Waals surface area contributed by atoms with Crippen LogP contribution in [-0.2, 0) is 11.2 Å². The second-order valence-electron chi connectivity index (χ2n) is 6.06. The van der Waals surface area contributed by atoms with E-state index >= 15 is 0 Å². The van der Waals surface area contributed by atoms with Crippen LogP contribution in [0.5, 0.6) is 0 Å². The Hall–Kier alpha value is -1.22. The van der Waals surface area contributed by atoms with Gasteiger partial charge in [0.2, 0.25) is 0 Å². The molecule has 1 aliphatic carbocycles. The van der Waals surface area contributed by atoms with Crippen LogP contribution in [0.15, 0.2) is 24.5 Å². The van der Waals surface area contributed by atoms with Crippen molar-refractivity contribution in [2.75, 3.05) is 14.1 Å². The smallest absolute Gasteiger partial charge is 0.157 e. The third-order valence-corrected chi connectivity index (χ3v) is 4.59. The van der Waals surface area contributed by atoms with Gasteiger partial charge >= 0.3 is 0 Å². The van der Waals surface area contributed by atoms with Gasteiger partial charge in [0.1, 0.15) is 0 Å². The van der Waals surface area contributed by atoms with Gasteiger partial charge in [0.05, 0.1) is 5.54 Å². The second kappa shape index (κ2) is 5.83. The molecule has 0 unspecified atom stereocenters. The van der Waals surface area contributed by atoms with E-state index in [9.17, 15) is 4.79 Å². The van der Waals surface area contributed by atoms with E-state index in [0.29, 0.717) is 12.2 Å². The Morgan fingerprint density at radius 2 is 1.89 bits per heavy atom. The van der Waals surface area contributed by atoms with E-state index in [0.717, 1.165) is 37.2 Å². The summed E-state index contributed by atoms with van der Waals surface area (Å²) >= 11 is 0. The number of rotatable bonds is 4. The molecule has 0 bridgehead atoms. The fourth-order valence-electron chi connectivity index (χ4n) is 3.07. The van der Waals surface area contributed by atoms with Crippen LogP contribution in [0, 0.1) is 5.92 Å². The Balaban J connectivity index is 2.13. The minimum Gasteiger partial charge on any atom is -0.297 e. The fourth-order valence-corrected chi connectivity index (χ4v) is 3.07. The van der Waals surface area contributed by atoms with Crippen molar-refractivity contribution in [1.29, 1.82) is 0 Å². The van der Waals surface area contributed by atoms with Crippen molar-refractivity contribution in [1.82, 2.24) is 9.88 Å². The van der Waals surface area contributed by atoms with Gasteiger partial charge < -0.3 is 0 Å². The maximum atomic E-state index is 12.8. The maximum Gasteiger partial charge on any atom is 0.157 e. The number of ketones is 1. The highest BCUT2D eigenvalue weighted by atomic mass is 16.1. The number of likely N-dealkylation sites (N-methyl/N-ethyl adjacent to an activating group) is 1. The third-order valence-electron chi connectivity index (χ3n) is 4.59. The van der Waals surface area contributed by atoms with Gasteiger partial charge in [-0.1, -0.05) is 6.92 Å². The first-order valence-corrected chi connectivity index (χ1v) is 7.14. The predicted molar refractivity (Wildman–Crippen MR) is 77.0 cm³/mol. The minimum atomic E-state index is -0.254. The summed E-state index contributed by atoms with van der Waals surface area (Å²) in [6.07, 6.45) is 8.33. The van der Waals surface area contributed by atoms with Gasteiger partial charge in [-0.15, -0.1) is 0 Å². The quantitative estimate of drug-likeness (QED) is 0.834. The highest BCUT2D eigenvalue weighted by Crippen LogP contribution is 2.36. The molecule has 0 N–H and O–H groups in total. The first-order chi connectivity index (χ1) is 9.04. The zero-order valence-electron chi connectivity index (χ0n) is 12.2. The maximum absolute atomic E-state index is 12.8. The third kappa shape index (κ3) is 3.03. The summed E-state index contributed by atoms with van der Waals surface area (Å²) in [7, 11) is 4.08. The molecule has 0 atom stereocenters. The molecule has 0 aliphatic heterocycles. The fraction of sp³-hybridized carbons (Fsp3) is 0.625. The molecular formula is C16H24N2O. The normalized spacial score (nSPS) is 27.5. The summed E-state index contributed by atoms with van der Waals surface area (Å²) in [5, 5.41) is 0. The Bertz CT molecular complexity index is 420. The molecule has 0 spiro atoms. The highest BCUT2D eigenvalue weighted by molar-refractivity contribution is 5.90. The van der Waals surface area contributed by atoms with Gasteiger partial charge in [-0.25, -0.2) is 0 Å². The molecule has 1 saturated carbocycles. The van der Waals surface area contributed by atoms with Crippen LogP contribution in [0.2, 0.25) is 0 Å². The summed E-state index contributed by atoms with van der Waals surface area (Å²) in [4.78, 5) is 18.9. The van der Waals surface area contributed by atoms with E-state index in [1.54, 1.807) is 12.4 Å². The lowest BCUT2D eigenvalue weighted by Crippen LogP contribution is -2.53. The molecule has 1 fully saturated rings. The summed E-state index contributed by atoms with van der Waals surface area (Å²) < 4.78 is 0. The molecule has 19 heavy (non-hydrogen) atoms. The molecule has 1 aromatic rings. The van der Waals surface area contributed by atoms with E-state index in [1.807, 2.05) is 26.2 Å². The van der Waals surface area contributed by atoms with E-state index in [4.69, 9.17) is 0 Å². The van der Waals surface area contributed by atoms with Crippen molar-refractivity contribution < 1.29 is 4.79 Å². The van der Waals surface area contributed by atoms with Gasteiger partial charge in [0.25, 0.3) is 0 Å². The van der Waals surface area contributed by atoms with Crippen LogP contribution < -0.4 is 0 Å². The van der Waals surface area contributed by atoms with Crippen LogP contribution in [0.4, 0.5) is 0 Å². The van der Waals surface area contributed by atoms with Crippen molar-refractivity contribution in [3.05, 3.63) is 30.1 Å². The average Bonchev–Trinajstić information content (AvgIpc) is 2.40. The largest absolute Gasteiger partial charge is 0.297 e. The molecule has 0 aromatic carbocycles. The SMILES string of the molecule is CC1CCC(C(=O)Cc2ccncc2)(N(C)C)CC1. The Labute approximate surface area is 116 Å². The Morgan fingerprint density at radius 1 is 1.32 bits per heavy atom. The Kier molecular flexibility index (Phi) is 4.35. The van der Waals surface area contributed by atoms with E-state index in [1.165, 1.54) is 0 Å². The van der Waals surface area contributed by atoms with E-state index in [-0.39, 0.29) is 5.54 Å². The monoisotopic (exact) mass is 260 g/mol. The van der Waals surface area contributed by atoms with Gasteiger partial charge in [-0.3, -0.25) is 14.7 Å². The predicted octanol–water partition coefficient (Wildman–Crippen LogP) is 2.70. The van der Waals surface area contributed by atoms with Crippen LogP contribution in [0.1, 0.15) is 38.2 Å². The van der Waals surface area contributed by atoms with Crippen molar-refractivity contribution in [2.45, 2.75) is 44.6 Å². The van der Waals surface area contributed by atoms with E-state index in [2.05, 4.69) is 16.8 Å². The average molecular weight is 260 g/mol. The summed E-state index contributed by atoms with van der Waals surface area (Å²) in [5.41, 5.74) is 0.815. The number of hydrogen-bond acceptors (Lipinski definition) is 3. The number of hydrogen-bond donors (Lipinski definition) is 0. The molecule has 104 valence electrons. The molecule has 1 heterocycles. The standard InChI is InChI=1S/C16H24N2O/c1-13-4-8-16(9-5-13,18(2)3)15(19)12-14-6-10-17-11-7-14/h6-7,10-11,13H,4-5,8-9,12H2,1-3H3. The molecular weight excluding hydrogens is 236 g/mol. The van der Waals surface area contributed by atoms with Crippen molar-refractivity contribution in [3.63, 3.8) is 0 Å². The molecule has 2 rings (SSSR count). The van der Waals surface area contributed by atoms with Crippen LogP contribution in [0.3, 0.4) is 0 Å². The zero-order valence-corrected chi connectivity index (χ0v) is 12.2. The van der Waals surface area contributed by atoms with Gasteiger partial charge in [-0.2, -0.15) is 0 Å². The first-order valence-electron chi connectivity index (χ1n) is 7.14. The highest BCUT2D eigenvalue weighted by Gasteiger charge is 2.42. The molecule has 3 heteroatoms. The minimum absolute atomic E-state index is 0.254. The molecule has 1 aromatic heterocycles. The van der Waals surface area contributed by atoms with Gasteiger partial charge in [-0.05, 0) is 63.4 Å². The van der Waals surface area contributed by atoms with Crippen LogP contribution in [0.25, 0.3) is 0 Å². The molecule has 1 aliphatic rings.